The van der Waals surface area contributed by atoms with Crippen LogP contribution >= 0.6 is 0 Å². The van der Waals surface area contributed by atoms with Gasteiger partial charge in [-0.1, -0.05) is 91.0 Å². The normalized spacial score (nSPS) is 15.3. The molecule has 0 saturated carbocycles. The van der Waals surface area contributed by atoms with Gasteiger partial charge in [0.25, 0.3) is 0 Å². The van der Waals surface area contributed by atoms with Crippen LogP contribution in [0.2, 0.25) is 0 Å². The zero-order valence-corrected chi connectivity index (χ0v) is 17.7. The Kier molecular flexibility index (Phi) is 6.60. The smallest absolute Gasteiger partial charge is 0.234 e. The first-order chi connectivity index (χ1) is 14.7. The highest BCUT2D eigenvalue weighted by Crippen LogP contribution is 2.31. The molecule has 1 heterocycles. The highest BCUT2D eigenvalue weighted by Gasteiger charge is 2.31. The van der Waals surface area contributed by atoms with Crippen LogP contribution < -0.4 is 0 Å². The predicted octanol–water partition coefficient (Wildman–Crippen LogP) is 5.11. The lowest BCUT2D eigenvalue weighted by Crippen LogP contribution is -2.40. The molecule has 1 saturated heterocycles. The minimum Gasteiger partial charge on any atom is -0.337 e. The summed E-state index contributed by atoms with van der Waals surface area (Å²) in [5, 5.41) is 0. The molecule has 3 heteroatoms. The standard InChI is InChI=1S/C27H30N2O/c1-28(25(21-29-19-11-12-20-29)22-13-5-2-6-14-22)27(30)26(23-15-7-3-8-16-23)24-17-9-4-10-18-24/h2-10,13-18,25-26H,11-12,19-21H2,1H3. The van der Waals surface area contributed by atoms with Crippen LogP contribution in [0.15, 0.2) is 91.0 Å². The van der Waals surface area contributed by atoms with E-state index in [1.807, 2.05) is 54.4 Å². The van der Waals surface area contributed by atoms with Gasteiger partial charge < -0.3 is 9.80 Å². The van der Waals surface area contributed by atoms with E-state index in [2.05, 4.69) is 53.4 Å². The van der Waals surface area contributed by atoms with Gasteiger partial charge in [0, 0.05) is 13.6 Å². The van der Waals surface area contributed by atoms with E-state index in [-0.39, 0.29) is 17.9 Å². The van der Waals surface area contributed by atoms with E-state index >= 15 is 0 Å². The largest absolute Gasteiger partial charge is 0.337 e. The molecule has 0 radical (unpaired) electrons. The van der Waals surface area contributed by atoms with Crippen LogP contribution in [0.3, 0.4) is 0 Å². The number of benzene rings is 3. The predicted molar refractivity (Wildman–Crippen MR) is 122 cm³/mol. The van der Waals surface area contributed by atoms with Crippen LogP contribution in [0, 0.1) is 0 Å². The molecular formula is C27H30N2O. The van der Waals surface area contributed by atoms with E-state index in [0.717, 1.165) is 30.8 Å². The summed E-state index contributed by atoms with van der Waals surface area (Å²) >= 11 is 0. The molecule has 4 rings (SSSR count). The third-order valence-corrected chi connectivity index (χ3v) is 6.14. The quantitative estimate of drug-likeness (QED) is 0.552. The van der Waals surface area contributed by atoms with E-state index in [4.69, 9.17) is 0 Å². The summed E-state index contributed by atoms with van der Waals surface area (Å²) in [6.45, 7) is 3.11. The molecular weight excluding hydrogens is 368 g/mol. The molecule has 0 bridgehead atoms. The molecule has 0 spiro atoms. The van der Waals surface area contributed by atoms with Crippen molar-refractivity contribution < 1.29 is 4.79 Å². The molecule has 3 aromatic rings. The average Bonchev–Trinajstić information content (AvgIpc) is 3.32. The van der Waals surface area contributed by atoms with Crippen molar-refractivity contribution in [3.8, 4) is 0 Å². The molecule has 1 fully saturated rings. The van der Waals surface area contributed by atoms with Gasteiger partial charge in [0.2, 0.25) is 5.91 Å². The van der Waals surface area contributed by atoms with Gasteiger partial charge in [-0.05, 0) is 42.6 Å². The molecule has 1 aliphatic heterocycles. The van der Waals surface area contributed by atoms with E-state index < -0.39 is 0 Å². The highest BCUT2D eigenvalue weighted by molar-refractivity contribution is 5.87. The number of nitrogens with zero attached hydrogens (tertiary/aromatic N) is 2. The van der Waals surface area contributed by atoms with Crippen molar-refractivity contribution in [3.05, 3.63) is 108 Å². The number of hydrogen-bond acceptors (Lipinski definition) is 2. The van der Waals surface area contributed by atoms with Crippen molar-refractivity contribution in [3.63, 3.8) is 0 Å². The molecule has 1 aliphatic rings. The molecule has 1 amide bonds. The number of carbonyl (C=O) groups excluding carboxylic acids is 1. The van der Waals surface area contributed by atoms with Gasteiger partial charge in [-0.2, -0.15) is 0 Å². The average molecular weight is 399 g/mol. The lowest BCUT2D eigenvalue weighted by Gasteiger charge is -2.34. The Balaban J connectivity index is 1.67. The lowest BCUT2D eigenvalue weighted by atomic mass is 9.89. The Morgan fingerprint density at radius 3 is 1.67 bits per heavy atom. The topological polar surface area (TPSA) is 23.6 Å². The third kappa shape index (κ3) is 4.63. The van der Waals surface area contributed by atoms with E-state index in [0.29, 0.717) is 0 Å². The number of likely N-dealkylation sites (N-methyl/N-ethyl adjacent to an activating group) is 1. The van der Waals surface area contributed by atoms with Gasteiger partial charge in [0.05, 0.1) is 12.0 Å². The van der Waals surface area contributed by atoms with Crippen LogP contribution in [0.1, 0.15) is 41.5 Å². The first-order valence-corrected chi connectivity index (χ1v) is 10.9. The fourth-order valence-electron chi connectivity index (χ4n) is 4.46. The summed E-state index contributed by atoms with van der Waals surface area (Å²) in [6, 6.07) is 30.8. The zero-order valence-electron chi connectivity index (χ0n) is 17.7. The molecule has 0 aliphatic carbocycles. The van der Waals surface area contributed by atoms with Crippen LogP contribution in [0.4, 0.5) is 0 Å². The molecule has 0 aromatic heterocycles. The Morgan fingerprint density at radius 2 is 1.20 bits per heavy atom. The number of rotatable bonds is 7. The Labute approximate surface area is 180 Å². The second kappa shape index (κ2) is 9.73. The molecule has 154 valence electrons. The SMILES string of the molecule is CN(C(=O)C(c1ccccc1)c1ccccc1)C(CN1CCCC1)c1ccccc1. The van der Waals surface area contributed by atoms with Gasteiger partial charge in [-0.3, -0.25) is 4.79 Å². The Morgan fingerprint density at radius 1 is 0.767 bits per heavy atom. The van der Waals surface area contributed by atoms with E-state index in [1.54, 1.807) is 0 Å². The van der Waals surface area contributed by atoms with Crippen molar-refractivity contribution >= 4 is 5.91 Å². The molecule has 1 unspecified atom stereocenters. The van der Waals surface area contributed by atoms with Crippen molar-refractivity contribution in [2.24, 2.45) is 0 Å². The van der Waals surface area contributed by atoms with Crippen LogP contribution in [-0.4, -0.2) is 42.4 Å². The van der Waals surface area contributed by atoms with Gasteiger partial charge in [-0.15, -0.1) is 0 Å². The number of carbonyl (C=O) groups is 1. The summed E-state index contributed by atoms with van der Waals surface area (Å²) in [5.74, 6) is -0.164. The van der Waals surface area contributed by atoms with Crippen LogP contribution in [-0.2, 0) is 4.79 Å². The molecule has 3 nitrogen and oxygen atoms in total. The van der Waals surface area contributed by atoms with Gasteiger partial charge >= 0.3 is 0 Å². The summed E-state index contributed by atoms with van der Waals surface area (Å²) in [4.78, 5) is 18.4. The summed E-state index contributed by atoms with van der Waals surface area (Å²) in [5.41, 5.74) is 3.27. The molecule has 0 N–H and O–H groups in total. The Bertz CT molecular complexity index is 881. The number of amides is 1. The minimum absolute atomic E-state index is 0.0340. The number of likely N-dealkylation sites (tertiary alicyclic amines) is 1. The van der Waals surface area contributed by atoms with Crippen molar-refractivity contribution in [1.29, 1.82) is 0 Å². The first kappa shape index (κ1) is 20.4. The lowest BCUT2D eigenvalue weighted by molar-refractivity contribution is -0.133. The summed E-state index contributed by atoms with van der Waals surface area (Å²) in [7, 11) is 1.97. The summed E-state index contributed by atoms with van der Waals surface area (Å²) in [6.07, 6.45) is 2.49. The van der Waals surface area contributed by atoms with E-state index in [1.165, 1.54) is 18.4 Å². The maximum absolute atomic E-state index is 13.9. The molecule has 1 atom stereocenters. The Hall–Kier alpha value is -2.91. The monoisotopic (exact) mass is 398 g/mol. The van der Waals surface area contributed by atoms with Crippen LogP contribution in [0.25, 0.3) is 0 Å². The van der Waals surface area contributed by atoms with Crippen molar-refractivity contribution in [2.45, 2.75) is 24.8 Å². The van der Waals surface area contributed by atoms with Crippen molar-refractivity contribution in [1.82, 2.24) is 9.80 Å². The van der Waals surface area contributed by atoms with E-state index in [9.17, 15) is 4.79 Å². The minimum atomic E-state index is -0.304. The molecule has 3 aromatic carbocycles. The van der Waals surface area contributed by atoms with Crippen LogP contribution in [0.5, 0.6) is 0 Å². The zero-order chi connectivity index (χ0) is 20.8. The van der Waals surface area contributed by atoms with Crippen molar-refractivity contribution in [2.75, 3.05) is 26.7 Å². The maximum atomic E-state index is 13.9. The third-order valence-electron chi connectivity index (χ3n) is 6.14. The molecule has 30 heavy (non-hydrogen) atoms. The maximum Gasteiger partial charge on any atom is 0.234 e. The second-order valence-corrected chi connectivity index (χ2v) is 8.14. The second-order valence-electron chi connectivity index (χ2n) is 8.14. The fourth-order valence-corrected chi connectivity index (χ4v) is 4.46. The highest BCUT2D eigenvalue weighted by atomic mass is 16.2. The van der Waals surface area contributed by atoms with Gasteiger partial charge in [-0.25, -0.2) is 0 Å². The first-order valence-electron chi connectivity index (χ1n) is 10.9. The number of hydrogen-bond donors (Lipinski definition) is 0. The summed E-state index contributed by atoms with van der Waals surface area (Å²) < 4.78 is 0. The van der Waals surface area contributed by atoms with Gasteiger partial charge in [0.1, 0.15) is 0 Å². The van der Waals surface area contributed by atoms with Gasteiger partial charge in [0.15, 0.2) is 0 Å². The fraction of sp³-hybridized carbons (Fsp3) is 0.296.